The summed E-state index contributed by atoms with van der Waals surface area (Å²) >= 11 is 0. The highest BCUT2D eigenvalue weighted by atomic mass is 16.5. The first-order chi connectivity index (χ1) is 13.5. The molecule has 0 heterocycles. The molecule has 2 rings (SSSR count). The first-order valence-electron chi connectivity index (χ1n) is 8.90. The lowest BCUT2D eigenvalue weighted by Gasteiger charge is -2.12. The first kappa shape index (κ1) is 21.0. The van der Waals surface area contributed by atoms with Crippen LogP contribution in [0.5, 0.6) is 0 Å². The Labute approximate surface area is 163 Å². The van der Waals surface area contributed by atoms with Gasteiger partial charge in [0.2, 0.25) is 0 Å². The zero-order valence-electron chi connectivity index (χ0n) is 15.6. The molecular formula is C22H22O6. The van der Waals surface area contributed by atoms with Gasteiger partial charge >= 0.3 is 11.9 Å². The highest BCUT2D eigenvalue weighted by molar-refractivity contribution is 6.16. The van der Waals surface area contributed by atoms with E-state index in [4.69, 9.17) is 9.47 Å². The van der Waals surface area contributed by atoms with E-state index in [1.165, 1.54) is 0 Å². The molecule has 146 valence electrons. The number of ketones is 2. The van der Waals surface area contributed by atoms with Gasteiger partial charge in [0.05, 0.1) is 6.42 Å². The minimum Gasteiger partial charge on any atom is -0.461 e. The van der Waals surface area contributed by atoms with Crippen LogP contribution in [0.1, 0.15) is 30.9 Å². The summed E-state index contributed by atoms with van der Waals surface area (Å²) in [5, 5.41) is 0. The predicted octanol–water partition coefficient (Wildman–Crippen LogP) is 3.03. The number of hydrogen-bond donors (Lipinski definition) is 0. The summed E-state index contributed by atoms with van der Waals surface area (Å²) in [6.45, 7) is 1.22. The largest absolute Gasteiger partial charge is 0.461 e. The average Bonchev–Trinajstić information content (AvgIpc) is 2.70. The Kier molecular flexibility index (Phi) is 8.09. The molecule has 0 radical (unpaired) electrons. The molecule has 0 amide bonds. The topological polar surface area (TPSA) is 86.7 Å². The van der Waals surface area contributed by atoms with Crippen molar-refractivity contribution >= 4 is 23.5 Å². The monoisotopic (exact) mass is 382 g/mol. The van der Waals surface area contributed by atoms with Crippen LogP contribution < -0.4 is 0 Å². The van der Waals surface area contributed by atoms with Crippen molar-refractivity contribution in [3.05, 3.63) is 71.8 Å². The maximum absolute atomic E-state index is 12.3. The van der Waals surface area contributed by atoms with Gasteiger partial charge in [-0.05, 0) is 18.1 Å². The van der Waals surface area contributed by atoms with E-state index in [0.29, 0.717) is 0 Å². The van der Waals surface area contributed by atoms with E-state index in [2.05, 4.69) is 0 Å². The Morgan fingerprint density at radius 1 is 0.750 bits per heavy atom. The van der Waals surface area contributed by atoms with Crippen molar-refractivity contribution in [3.63, 3.8) is 0 Å². The lowest BCUT2D eigenvalue weighted by Crippen LogP contribution is -2.32. The lowest BCUT2D eigenvalue weighted by atomic mass is 9.96. The average molecular weight is 382 g/mol. The molecular weight excluding hydrogens is 360 g/mol. The van der Waals surface area contributed by atoms with Gasteiger partial charge in [0, 0.05) is 6.42 Å². The van der Waals surface area contributed by atoms with Gasteiger partial charge in [-0.2, -0.15) is 0 Å². The van der Waals surface area contributed by atoms with Crippen LogP contribution in [-0.4, -0.2) is 23.5 Å². The van der Waals surface area contributed by atoms with Gasteiger partial charge in [-0.25, -0.2) is 0 Å². The van der Waals surface area contributed by atoms with E-state index >= 15 is 0 Å². The molecule has 0 N–H and O–H groups in total. The second kappa shape index (κ2) is 10.8. The standard InChI is InChI=1S/C22H22O6/c1-16(23)21(22(26)28-15-18-10-6-3-7-11-18)19(24)12-13-20(25)27-14-17-8-4-2-5-9-17/h2-11,21H,12-15H2,1H3. The van der Waals surface area contributed by atoms with Crippen molar-refractivity contribution in [2.45, 2.75) is 33.0 Å². The number of hydrogen-bond acceptors (Lipinski definition) is 6. The number of Topliss-reactive ketones (excluding diaryl/α,β-unsaturated/α-hetero) is 2. The number of carbonyl (C=O) groups excluding carboxylic acids is 4. The molecule has 0 aliphatic carbocycles. The van der Waals surface area contributed by atoms with Gasteiger partial charge in [0.1, 0.15) is 13.2 Å². The van der Waals surface area contributed by atoms with E-state index < -0.39 is 29.4 Å². The molecule has 2 aromatic rings. The summed E-state index contributed by atoms with van der Waals surface area (Å²) < 4.78 is 10.2. The Hall–Kier alpha value is -3.28. The van der Waals surface area contributed by atoms with Crippen LogP contribution in [-0.2, 0) is 41.9 Å². The van der Waals surface area contributed by atoms with Crippen molar-refractivity contribution in [2.24, 2.45) is 5.92 Å². The van der Waals surface area contributed by atoms with E-state index in [0.717, 1.165) is 18.1 Å². The van der Waals surface area contributed by atoms with Crippen molar-refractivity contribution in [3.8, 4) is 0 Å². The van der Waals surface area contributed by atoms with Crippen LogP contribution in [0.15, 0.2) is 60.7 Å². The fourth-order valence-electron chi connectivity index (χ4n) is 2.52. The molecule has 0 spiro atoms. The summed E-state index contributed by atoms with van der Waals surface area (Å²) in [6.07, 6.45) is -0.473. The van der Waals surface area contributed by atoms with Crippen LogP contribution >= 0.6 is 0 Å². The third-order valence-electron chi connectivity index (χ3n) is 4.01. The second-order valence-electron chi connectivity index (χ2n) is 6.25. The molecule has 0 aliphatic rings. The van der Waals surface area contributed by atoms with Crippen LogP contribution in [0.25, 0.3) is 0 Å². The minimum atomic E-state index is -1.52. The molecule has 0 saturated heterocycles. The Balaban J connectivity index is 1.81. The highest BCUT2D eigenvalue weighted by Crippen LogP contribution is 2.12. The highest BCUT2D eigenvalue weighted by Gasteiger charge is 2.32. The van der Waals surface area contributed by atoms with Crippen molar-refractivity contribution in [2.75, 3.05) is 0 Å². The van der Waals surface area contributed by atoms with Gasteiger partial charge in [-0.15, -0.1) is 0 Å². The van der Waals surface area contributed by atoms with Gasteiger partial charge in [0.25, 0.3) is 0 Å². The third-order valence-corrected chi connectivity index (χ3v) is 4.01. The van der Waals surface area contributed by atoms with Crippen LogP contribution in [0.3, 0.4) is 0 Å². The smallest absolute Gasteiger partial charge is 0.324 e. The van der Waals surface area contributed by atoms with Crippen molar-refractivity contribution < 1.29 is 28.7 Å². The molecule has 0 aromatic heterocycles. The molecule has 0 fully saturated rings. The molecule has 2 aromatic carbocycles. The molecule has 28 heavy (non-hydrogen) atoms. The maximum atomic E-state index is 12.3. The Bertz CT molecular complexity index is 813. The summed E-state index contributed by atoms with van der Waals surface area (Å²) in [4.78, 5) is 48.0. The van der Waals surface area contributed by atoms with Gasteiger partial charge in [0.15, 0.2) is 17.5 Å². The van der Waals surface area contributed by atoms with Crippen molar-refractivity contribution in [1.29, 1.82) is 0 Å². The molecule has 1 atom stereocenters. The summed E-state index contributed by atoms with van der Waals surface area (Å²) in [5.74, 6) is -4.26. The SMILES string of the molecule is CC(=O)C(C(=O)CCC(=O)OCc1ccccc1)C(=O)OCc1ccccc1. The van der Waals surface area contributed by atoms with E-state index in [1.54, 1.807) is 24.3 Å². The fraction of sp³-hybridized carbons (Fsp3) is 0.273. The quantitative estimate of drug-likeness (QED) is 0.464. The number of rotatable bonds is 10. The minimum absolute atomic E-state index is 0.0319. The molecule has 0 saturated carbocycles. The molecule has 0 bridgehead atoms. The molecule has 6 heteroatoms. The fourth-order valence-corrected chi connectivity index (χ4v) is 2.52. The lowest BCUT2D eigenvalue weighted by molar-refractivity contribution is -0.157. The normalized spacial score (nSPS) is 11.3. The number of ether oxygens (including phenoxy) is 2. The second-order valence-corrected chi connectivity index (χ2v) is 6.25. The number of carbonyl (C=O) groups is 4. The summed E-state index contributed by atoms with van der Waals surface area (Å²) in [5.41, 5.74) is 1.57. The Morgan fingerprint density at radius 2 is 1.25 bits per heavy atom. The van der Waals surface area contributed by atoms with Crippen LogP contribution in [0.2, 0.25) is 0 Å². The zero-order chi connectivity index (χ0) is 20.4. The van der Waals surface area contributed by atoms with Gasteiger partial charge < -0.3 is 9.47 Å². The summed E-state index contributed by atoms with van der Waals surface area (Å²) in [6, 6.07) is 18.1. The maximum Gasteiger partial charge on any atom is 0.324 e. The van der Waals surface area contributed by atoms with E-state index in [9.17, 15) is 19.2 Å². The van der Waals surface area contributed by atoms with Crippen LogP contribution in [0.4, 0.5) is 0 Å². The van der Waals surface area contributed by atoms with Gasteiger partial charge in [-0.1, -0.05) is 60.7 Å². The molecule has 1 unspecified atom stereocenters. The van der Waals surface area contributed by atoms with E-state index in [1.807, 2.05) is 36.4 Å². The molecule has 6 nitrogen and oxygen atoms in total. The zero-order valence-corrected chi connectivity index (χ0v) is 15.6. The van der Waals surface area contributed by atoms with E-state index in [-0.39, 0.29) is 26.1 Å². The number of esters is 2. The Morgan fingerprint density at radius 3 is 1.75 bits per heavy atom. The number of benzene rings is 2. The van der Waals surface area contributed by atoms with Gasteiger partial charge in [-0.3, -0.25) is 19.2 Å². The molecule has 0 aliphatic heterocycles. The third kappa shape index (κ3) is 6.79. The summed E-state index contributed by atoms with van der Waals surface area (Å²) in [7, 11) is 0. The van der Waals surface area contributed by atoms with Crippen LogP contribution in [0, 0.1) is 5.92 Å². The van der Waals surface area contributed by atoms with Crippen molar-refractivity contribution in [1.82, 2.24) is 0 Å². The predicted molar refractivity (Wildman–Crippen MR) is 101 cm³/mol. The first-order valence-corrected chi connectivity index (χ1v) is 8.90.